The Bertz CT molecular complexity index is 244. The van der Waals surface area contributed by atoms with Gasteiger partial charge < -0.3 is 4.90 Å². The zero-order valence-corrected chi connectivity index (χ0v) is 7.78. The molecule has 0 unspecified atom stereocenters. The van der Waals surface area contributed by atoms with E-state index in [1.165, 1.54) is 0 Å². The minimum Gasteiger partial charge on any atom is -0.332 e. The summed E-state index contributed by atoms with van der Waals surface area (Å²) in [6, 6.07) is 0.147. The monoisotopic (exact) mass is 177 g/mol. The molecule has 0 saturated carbocycles. The van der Waals surface area contributed by atoms with E-state index in [2.05, 4.69) is 19.7 Å². The summed E-state index contributed by atoms with van der Waals surface area (Å²) in [5.41, 5.74) is 0. The van der Waals surface area contributed by atoms with Crippen LogP contribution in [0.1, 0.15) is 6.42 Å². The van der Waals surface area contributed by atoms with Gasteiger partial charge in [0, 0.05) is 6.54 Å². The van der Waals surface area contributed by atoms with Gasteiger partial charge in [-0.15, -0.1) is 19.7 Å². The average molecular weight is 177 g/mol. The number of carbonyl (C=O) groups is 1. The number of rotatable bonds is 4. The Labute approximate surface area is 79.2 Å². The Hall–Kier alpha value is -1.31. The maximum Gasteiger partial charge on any atom is 0.230 e. The van der Waals surface area contributed by atoms with E-state index in [0.717, 1.165) is 6.42 Å². The summed E-state index contributed by atoms with van der Waals surface area (Å²) in [6.07, 6.45) is 6.06. The van der Waals surface area contributed by atoms with Crippen LogP contribution >= 0.6 is 0 Å². The summed E-state index contributed by atoms with van der Waals surface area (Å²) in [4.78, 5) is 13.4. The first-order chi connectivity index (χ1) is 6.24. The molecule has 0 bridgehead atoms. The number of hydrogen-bond donors (Lipinski definition) is 0. The van der Waals surface area contributed by atoms with Gasteiger partial charge in [-0.1, -0.05) is 18.2 Å². The van der Waals surface area contributed by atoms with Crippen LogP contribution in [-0.2, 0) is 4.79 Å². The van der Waals surface area contributed by atoms with Crippen molar-refractivity contribution in [2.24, 2.45) is 5.92 Å². The zero-order chi connectivity index (χ0) is 9.84. The Morgan fingerprint density at radius 3 is 2.54 bits per heavy atom. The Morgan fingerprint density at radius 2 is 2.08 bits per heavy atom. The van der Waals surface area contributed by atoms with Crippen molar-refractivity contribution >= 4 is 5.91 Å². The van der Waals surface area contributed by atoms with Gasteiger partial charge in [0.15, 0.2) is 0 Å². The molecule has 0 N–H and O–H groups in total. The highest BCUT2D eigenvalue weighted by molar-refractivity contribution is 5.83. The summed E-state index contributed by atoms with van der Waals surface area (Å²) in [6.45, 7) is 11.6. The molecule has 0 aliphatic carbocycles. The second-order valence-corrected chi connectivity index (χ2v) is 3.16. The largest absolute Gasteiger partial charge is 0.332 e. The van der Waals surface area contributed by atoms with Gasteiger partial charge in [-0.05, 0) is 6.42 Å². The number of likely N-dealkylation sites (tertiary alicyclic amines) is 1. The van der Waals surface area contributed by atoms with Gasteiger partial charge in [0.2, 0.25) is 5.91 Å². The second-order valence-electron chi connectivity index (χ2n) is 3.16. The molecule has 0 aromatic rings. The van der Waals surface area contributed by atoms with Crippen molar-refractivity contribution in [3.63, 3.8) is 0 Å². The highest BCUT2D eigenvalue weighted by Gasteiger charge is 2.34. The molecule has 70 valence electrons. The van der Waals surface area contributed by atoms with Crippen molar-refractivity contribution in [1.82, 2.24) is 4.90 Å². The summed E-state index contributed by atoms with van der Waals surface area (Å²) in [7, 11) is 0. The lowest BCUT2D eigenvalue weighted by Crippen LogP contribution is -2.32. The Morgan fingerprint density at radius 1 is 1.38 bits per heavy atom. The van der Waals surface area contributed by atoms with Crippen LogP contribution in [0, 0.1) is 5.92 Å². The third-order valence-electron chi connectivity index (χ3n) is 2.38. The topological polar surface area (TPSA) is 20.3 Å². The predicted octanol–water partition coefficient (Wildman–Crippen LogP) is 1.76. The van der Waals surface area contributed by atoms with Crippen molar-refractivity contribution in [2.45, 2.75) is 12.5 Å². The highest BCUT2D eigenvalue weighted by Crippen LogP contribution is 2.25. The molecule has 0 aromatic heterocycles. The van der Waals surface area contributed by atoms with E-state index < -0.39 is 0 Å². The molecule has 2 heteroatoms. The fourth-order valence-corrected chi connectivity index (χ4v) is 1.65. The Balaban J connectivity index is 2.78. The maximum absolute atomic E-state index is 11.7. The van der Waals surface area contributed by atoms with Crippen LogP contribution in [0.4, 0.5) is 0 Å². The summed E-state index contributed by atoms with van der Waals surface area (Å²) < 4.78 is 0. The van der Waals surface area contributed by atoms with Crippen LogP contribution in [0.15, 0.2) is 38.0 Å². The smallest absolute Gasteiger partial charge is 0.230 e. The SMILES string of the molecule is C=CCN1C(=O)[C@@H](C=C)C[C@H]1C=C. The quantitative estimate of drug-likeness (QED) is 0.599. The lowest BCUT2D eigenvalue weighted by molar-refractivity contribution is -0.129. The molecule has 1 aliphatic heterocycles. The normalized spacial score (nSPS) is 27.4. The van der Waals surface area contributed by atoms with E-state index in [-0.39, 0.29) is 17.9 Å². The molecule has 1 saturated heterocycles. The van der Waals surface area contributed by atoms with E-state index >= 15 is 0 Å². The summed E-state index contributed by atoms with van der Waals surface area (Å²) >= 11 is 0. The lowest BCUT2D eigenvalue weighted by atomic mass is 10.1. The van der Waals surface area contributed by atoms with Gasteiger partial charge in [-0.3, -0.25) is 4.79 Å². The molecular weight excluding hydrogens is 162 g/mol. The van der Waals surface area contributed by atoms with Gasteiger partial charge in [-0.2, -0.15) is 0 Å². The third-order valence-corrected chi connectivity index (χ3v) is 2.38. The summed E-state index contributed by atoms with van der Waals surface area (Å²) in [5, 5.41) is 0. The molecule has 1 fully saturated rings. The highest BCUT2D eigenvalue weighted by atomic mass is 16.2. The van der Waals surface area contributed by atoms with Crippen molar-refractivity contribution in [1.29, 1.82) is 0 Å². The van der Waals surface area contributed by atoms with Crippen LogP contribution in [0.5, 0.6) is 0 Å². The molecule has 1 heterocycles. The van der Waals surface area contributed by atoms with Gasteiger partial charge in [0.1, 0.15) is 0 Å². The van der Waals surface area contributed by atoms with Gasteiger partial charge in [0.25, 0.3) is 0 Å². The minimum atomic E-state index is -0.0389. The number of hydrogen-bond acceptors (Lipinski definition) is 1. The standard InChI is InChI=1S/C11H15NO/c1-4-7-12-10(6-3)8-9(5-2)11(12)13/h4-6,9-10H,1-3,7-8H2/t9-,10+/m0/s1. The van der Waals surface area contributed by atoms with Gasteiger partial charge >= 0.3 is 0 Å². The van der Waals surface area contributed by atoms with E-state index in [0.29, 0.717) is 6.54 Å². The van der Waals surface area contributed by atoms with Crippen molar-refractivity contribution < 1.29 is 4.79 Å². The predicted molar refractivity (Wildman–Crippen MR) is 54.2 cm³/mol. The number of carbonyl (C=O) groups excluding carboxylic acids is 1. The molecule has 0 aromatic carbocycles. The molecule has 0 radical (unpaired) electrons. The van der Waals surface area contributed by atoms with Crippen LogP contribution in [0.25, 0.3) is 0 Å². The van der Waals surface area contributed by atoms with Crippen LogP contribution < -0.4 is 0 Å². The van der Waals surface area contributed by atoms with Crippen LogP contribution in [0.2, 0.25) is 0 Å². The van der Waals surface area contributed by atoms with E-state index in [1.54, 1.807) is 17.1 Å². The molecular formula is C11H15NO. The summed E-state index contributed by atoms with van der Waals surface area (Å²) in [5.74, 6) is 0.0998. The molecule has 2 atom stereocenters. The van der Waals surface area contributed by atoms with E-state index in [4.69, 9.17) is 0 Å². The van der Waals surface area contributed by atoms with Crippen molar-refractivity contribution in [3.8, 4) is 0 Å². The first kappa shape index (κ1) is 9.78. The fraction of sp³-hybridized carbons (Fsp3) is 0.364. The molecule has 0 spiro atoms. The first-order valence-corrected chi connectivity index (χ1v) is 4.41. The maximum atomic E-state index is 11.7. The lowest BCUT2D eigenvalue weighted by Gasteiger charge is -2.19. The van der Waals surface area contributed by atoms with Crippen LogP contribution in [-0.4, -0.2) is 23.4 Å². The van der Waals surface area contributed by atoms with Crippen LogP contribution in [0.3, 0.4) is 0 Å². The van der Waals surface area contributed by atoms with Gasteiger partial charge in [-0.25, -0.2) is 0 Å². The molecule has 1 rings (SSSR count). The van der Waals surface area contributed by atoms with Crippen molar-refractivity contribution in [3.05, 3.63) is 38.0 Å². The van der Waals surface area contributed by atoms with Crippen molar-refractivity contribution in [2.75, 3.05) is 6.54 Å². The average Bonchev–Trinajstić information content (AvgIpc) is 2.45. The third kappa shape index (κ3) is 1.72. The number of amides is 1. The first-order valence-electron chi connectivity index (χ1n) is 4.41. The molecule has 2 nitrogen and oxygen atoms in total. The van der Waals surface area contributed by atoms with E-state index in [9.17, 15) is 4.79 Å². The number of nitrogens with zero attached hydrogens (tertiary/aromatic N) is 1. The minimum absolute atomic E-state index is 0.0389. The molecule has 1 amide bonds. The molecule has 13 heavy (non-hydrogen) atoms. The van der Waals surface area contributed by atoms with E-state index in [1.807, 2.05) is 6.08 Å². The van der Waals surface area contributed by atoms with Gasteiger partial charge in [0.05, 0.1) is 12.0 Å². The molecule has 1 aliphatic rings. The Kier molecular flexibility index (Phi) is 3.07. The fourth-order valence-electron chi connectivity index (χ4n) is 1.65. The second kappa shape index (κ2) is 4.08. The zero-order valence-electron chi connectivity index (χ0n) is 7.78.